The molecule has 1 aromatic rings. The molecule has 88 valence electrons. The summed E-state index contributed by atoms with van der Waals surface area (Å²) in [4.78, 5) is 28.4. The Morgan fingerprint density at radius 1 is 1.62 bits per heavy atom. The number of amides is 2. The summed E-state index contributed by atoms with van der Waals surface area (Å²) < 4.78 is 0. The van der Waals surface area contributed by atoms with Gasteiger partial charge < -0.3 is 20.7 Å². The van der Waals surface area contributed by atoms with Gasteiger partial charge in [0.25, 0.3) is 0 Å². The Balaban J connectivity index is 2.45. The highest BCUT2D eigenvalue weighted by atomic mass is 16.4. The fourth-order valence-electron chi connectivity index (χ4n) is 1.20. The zero-order chi connectivity index (χ0) is 12.0. The highest BCUT2D eigenvalue weighted by Crippen LogP contribution is 2.10. The van der Waals surface area contributed by atoms with Crippen LogP contribution in [0.1, 0.15) is 25.2 Å². The van der Waals surface area contributed by atoms with Crippen LogP contribution in [0.3, 0.4) is 0 Å². The number of rotatable bonds is 5. The number of H-pyrrole nitrogens is 1. The lowest BCUT2D eigenvalue weighted by atomic mass is 10.2. The lowest BCUT2D eigenvalue weighted by molar-refractivity contribution is -0.135. The van der Waals surface area contributed by atoms with E-state index in [-0.39, 0.29) is 6.04 Å². The SMILES string of the molecule is CCC(NC(=O)NCC(=O)O)c1ncc[nH]1. The van der Waals surface area contributed by atoms with Crippen molar-refractivity contribution in [3.63, 3.8) is 0 Å². The van der Waals surface area contributed by atoms with Gasteiger partial charge in [0.2, 0.25) is 0 Å². The maximum Gasteiger partial charge on any atom is 0.323 e. The summed E-state index contributed by atoms with van der Waals surface area (Å²) in [5.41, 5.74) is 0. The van der Waals surface area contributed by atoms with Crippen LogP contribution in [0.5, 0.6) is 0 Å². The van der Waals surface area contributed by atoms with Crippen LogP contribution in [-0.2, 0) is 4.79 Å². The number of imidazole rings is 1. The monoisotopic (exact) mass is 226 g/mol. The van der Waals surface area contributed by atoms with Gasteiger partial charge >= 0.3 is 12.0 Å². The van der Waals surface area contributed by atoms with Gasteiger partial charge in [-0.3, -0.25) is 4.79 Å². The van der Waals surface area contributed by atoms with Crippen LogP contribution in [0.15, 0.2) is 12.4 Å². The number of nitrogens with one attached hydrogen (secondary N) is 3. The zero-order valence-electron chi connectivity index (χ0n) is 8.86. The largest absolute Gasteiger partial charge is 0.480 e. The minimum atomic E-state index is -1.08. The van der Waals surface area contributed by atoms with Crippen LogP contribution < -0.4 is 10.6 Å². The lowest BCUT2D eigenvalue weighted by Gasteiger charge is -2.14. The number of carboxylic acids is 1. The van der Waals surface area contributed by atoms with E-state index in [9.17, 15) is 9.59 Å². The molecule has 0 aliphatic heterocycles. The molecule has 0 aromatic carbocycles. The molecule has 0 aliphatic carbocycles. The maximum absolute atomic E-state index is 11.3. The molecule has 1 atom stereocenters. The van der Waals surface area contributed by atoms with Crippen molar-refractivity contribution in [2.24, 2.45) is 0 Å². The molecular weight excluding hydrogens is 212 g/mol. The van der Waals surface area contributed by atoms with Gasteiger partial charge in [-0.1, -0.05) is 6.92 Å². The summed E-state index contributed by atoms with van der Waals surface area (Å²) >= 11 is 0. The van der Waals surface area contributed by atoms with Crippen LogP contribution in [-0.4, -0.2) is 33.6 Å². The number of urea groups is 1. The number of aromatic nitrogens is 2. The van der Waals surface area contributed by atoms with E-state index in [2.05, 4.69) is 20.6 Å². The Bertz CT molecular complexity index is 350. The summed E-state index contributed by atoms with van der Waals surface area (Å²) in [6, 6.07) is -0.769. The number of carbonyl (C=O) groups excluding carboxylic acids is 1. The molecule has 4 N–H and O–H groups in total. The Kier molecular flexibility index (Phi) is 4.31. The van der Waals surface area contributed by atoms with Gasteiger partial charge in [-0.25, -0.2) is 9.78 Å². The number of carboxylic acid groups (broad SMARTS) is 1. The normalized spacial score (nSPS) is 11.8. The predicted molar refractivity (Wildman–Crippen MR) is 55.8 cm³/mol. The molecule has 0 fully saturated rings. The number of hydrogen-bond acceptors (Lipinski definition) is 3. The van der Waals surface area contributed by atoms with E-state index in [1.54, 1.807) is 12.4 Å². The summed E-state index contributed by atoms with van der Waals surface area (Å²) in [6.45, 7) is 1.49. The first-order chi connectivity index (χ1) is 7.63. The molecule has 0 radical (unpaired) electrons. The lowest BCUT2D eigenvalue weighted by Crippen LogP contribution is -2.40. The second-order valence-electron chi connectivity index (χ2n) is 3.16. The minimum Gasteiger partial charge on any atom is -0.480 e. The molecule has 1 aromatic heterocycles. The zero-order valence-corrected chi connectivity index (χ0v) is 8.86. The second kappa shape index (κ2) is 5.74. The van der Waals surface area contributed by atoms with Gasteiger partial charge in [0.05, 0.1) is 6.04 Å². The number of aromatic amines is 1. The predicted octanol–water partition coefficient (Wildman–Crippen LogP) is 0.245. The van der Waals surface area contributed by atoms with Crippen molar-refractivity contribution in [3.8, 4) is 0 Å². The van der Waals surface area contributed by atoms with Crippen LogP contribution in [0, 0.1) is 0 Å². The summed E-state index contributed by atoms with van der Waals surface area (Å²) in [6.07, 6.45) is 3.91. The summed E-state index contributed by atoms with van der Waals surface area (Å²) in [5, 5.41) is 13.2. The third-order valence-electron chi connectivity index (χ3n) is 1.96. The molecule has 7 nitrogen and oxygen atoms in total. The van der Waals surface area contributed by atoms with Crippen LogP contribution in [0.4, 0.5) is 4.79 Å². The van der Waals surface area contributed by atoms with Crippen molar-refractivity contribution in [2.75, 3.05) is 6.54 Å². The Morgan fingerprint density at radius 2 is 2.38 bits per heavy atom. The molecule has 7 heteroatoms. The van der Waals surface area contributed by atoms with Crippen molar-refractivity contribution in [1.82, 2.24) is 20.6 Å². The van der Waals surface area contributed by atoms with Gasteiger partial charge in [-0.05, 0) is 6.42 Å². The molecule has 2 amide bonds. The fourth-order valence-corrected chi connectivity index (χ4v) is 1.20. The third-order valence-corrected chi connectivity index (χ3v) is 1.96. The molecule has 1 heterocycles. The van der Waals surface area contributed by atoms with E-state index >= 15 is 0 Å². The maximum atomic E-state index is 11.3. The van der Waals surface area contributed by atoms with E-state index in [4.69, 9.17) is 5.11 Å². The fraction of sp³-hybridized carbons (Fsp3) is 0.444. The molecule has 0 saturated carbocycles. The first kappa shape index (κ1) is 12.0. The molecule has 1 unspecified atom stereocenters. The molecule has 0 aliphatic rings. The Labute approximate surface area is 92.3 Å². The molecular formula is C9H14N4O3. The molecule has 16 heavy (non-hydrogen) atoms. The topological polar surface area (TPSA) is 107 Å². The second-order valence-corrected chi connectivity index (χ2v) is 3.16. The van der Waals surface area contributed by atoms with E-state index < -0.39 is 18.5 Å². The summed E-state index contributed by atoms with van der Waals surface area (Å²) in [5.74, 6) is -0.436. The Morgan fingerprint density at radius 3 is 2.88 bits per heavy atom. The van der Waals surface area contributed by atoms with Crippen LogP contribution >= 0.6 is 0 Å². The quantitative estimate of drug-likeness (QED) is 0.577. The highest BCUT2D eigenvalue weighted by molar-refractivity contribution is 5.80. The average Bonchev–Trinajstić information content (AvgIpc) is 2.76. The Hall–Kier alpha value is -2.05. The van der Waals surface area contributed by atoms with Crippen LogP contribution in [0.25, 0.3) is 0 Å². The van der Waals surface area contributed by atoms with Gasteiger partial charge in [0, 0.05) is 12.4 Å². The number of carbonyl (C=O) groups is 2. The van der Waals surface area contributed by atoms with Gasteiger partial charge in [-0.15, -0.1) is 0 Å². The molecule has 0 spiro atoms. The molecule has 0 bridgehead atoms. The van der Waals surface area contributed by atoms with Gasteiger partial charge in [0.15, 0.2) is 0 Å². The summed E-state index contributed by atoms with van der Waals surface area (Å²) in [7, 11) is 0. The third kappa shape index (κ3) is 3.60. The van der Waals surface area contributed by atoms with Crippen LogP contribution in [0.2, 0.25) is 0 Å². The van der Waals surface area contributed by atoms with Crippen molar-refractivity contribution < 1.29 is 14.7 Å². The molecule has 0 saturated heterocycles. The van der Waals surface area contributed by atoms with E-state index in [0.29, 0.717) is 12.2 Å². The first-order valence-corrected chi connectivity index (χ1v) is 4.89. The first-order valence-electron chi connectivity index (χ1n) is 4.89. The molecule has 1 rings (SSSR count). The number of aliphatic carboxylic acids is 1. The van der Waals surface area contributed by atoms with Gasteiger partial charge in [0.1, 0.15) is 12.4 Å². The van der Waals surface area contributed by atoms with Crippen molar-refractivity contribution in [3.05, 3.63) is 18.2 Å². The number of hydrogen-bond donors (Lipinski definition) is 4. The van der Waals surface area contributed by atoms with Crippen molar-refractivity contribution in [1.29, 1.82) is 0 Å². The minimum absolute atomic E-state index is 0.246. The van der Waals surface area contributed by atoms with Crippen molar-refractivity contribution in [2.45, 2.75) is 19.4 Å². The smallest absolute Gasteiger partial charge is 0.323 e. The van der Waals surface area contributed by atoms with E-state index in [1.165, 1.54) is 0 Å². The highest BCUT2D eigenvalue weighted by Gasteiger charge is 2.14. The van der Waals surface area contributed by atoms with Crippen molar-refractivity contribution >= 4 is 12.0 Å². The standard InChI is InChI=1S/C9H14N4O3/c1-2-6(8-10-3-4-11-8)13-9(16)12-5-7(14)15/h3-4,6H,2,5H2,1H3,(H,10,11)(H,14,15)(H2,12,13,16). The van der Waals surface area contributed by atoms with Gasteiger partial charge in [-0.2, -0.15) is 0 Å². The average molecular weight is 226 g/mol. The number of nitrogens with zero attached hydrogens (tertiary/aromatic N) is 1. The van der Waals surface area contributed by atoms with E-state index in [0.717, 1.165) is 0 Å². The van der Waals surface area contributed by atoms with E-state index in [1.807, 2.05) is 6.92 Å².